The quantitative estimate of drug-likeness (QED) is 0.755. The van der Waals surface area contributed by atoms with E-state index < -0.39 is 0 Å². The van der Waals surface area contributed by atoms with Gasteiger partial charge < -0.3 is 10.4 Å². The van der Waals surface area contributed by atoms with Crippen molar-refractivity contribution in [2.45, 2.75) is 45.2 Å². The van der Waals surface area contributed by atoms with Crippen molar-refractivity contribution >= 4 is 0 Å². The molecule has 2 N–H and O–H groups in total. The number of nitrogens with one attached hydrogen (secondary N) is 1. The minimum atomic E-state index is 0.167. The maximum Gasteiger partial charge on any atom is 0.0644 e. The minimum Gasteiger partial charge on any atom is -0.394 e. The molecule has 0 aromatic carbocycles. The molecule has 0 amide bonds. The minimum absolute atomic E-state index is 0.167. The van der Waals surface area contributed by atoms with Crippen molar-refractivity contribution in [2.24, 2.45) is 0 Å². The van der Waals surface area contributed by atoms with Gasteiger partial charge in [-0.15, -0.1) is 0 Å². The Kier molecular flexibility index (Phi) is 3.96. The van der Waals surface area contributed by atoms with Crippen LogP contribution in [0.1, 0.15) is 43.5 Å². The number of aliphatic hydroxyl groups is 1. The van der Waals surface area contributed by atoms with Crippen LogP contribution < -0.4 is 5.32 Å². The van der Waals surface area contributed by atoms with Crippen molar-refractivity contribution in [1.82, 2.24) is 15.1 Å². The van der Waals surface area contributed by atoms with Gasteiger partial charge in [0, 0.05) is 17.3 Å². The first kappa shape index (κ1) is 11.6. The van der Waals surface area contributed by atoms with E-state index in [0.717, 1.165) is 13.0 Å². The molecule has 1 heterocycles. The van der Waals surface area contributed by atoms with E-state index >= 15 is 0 Å². The van der Waals surface area contributed by atoms with Gasteiger partial charge in [0.25, 0.3) is 0 Å². The van der Waals surface area contributed by atoms with E-state index in [1.54, 1.807) is 0 Å². The Morgan fingerprint density at radius 2 is 2.44 bits per heavy atom. The van der Waals surface area contributed by atoms with Gasteiger partial charge in [-0.1, -0.05) is 13.3 Å². The zero-order valence-corrected chi connectivity index (χ0v) is 9.95. The molecule has 4 heteroatoms. The van der Waals surface area contributed by atoms with Crippen molar-refractivity contribution in [3.63, 3.8) is 0 Å². The third kappa shape index (κ3) is 2.28. The van der Waals surface area contributed by atoms with Crippen LogP contribution >= 0.6 is 0 Å². The average molecular weight is 223 g/mol. The summed E-state index contributed by atoms with van der Waals surface area (Å²) < 4.78 is 1.96. The predicted molar refractivity (Wildman–Crippen MR) is 63.3 cm³/mol. The number of hydrogen-bond donors (Lipinski definition) is 2. The molecule has 1 unspecified atom stereocenters. The highest BCUT2D eigenvalue weighted by Gasteiger charge is 2.21. The van der Waals surface area contributed by atoms with E-state index in [9.17, 15) is 0 Å². The van der Waals surface area contributed by atoms with Crippen LogP contribution in [-0.4, -0.2) is 28.0 Å². The van der Waals surface area contributed by atoms with Crippen LogP contribution in [0.25, 0.3) is 0 Å². The lowest BCUT2D eigenvalue weighted by atomic mass is 10.1. The molecule has 0 aliphatic heterocycles. The monoisotopic (exact) mass is 223 g/mol. The van der Waals surface area contributed by atoms with Crippen molar-refractivity contribution in [1.29, 1.82) is 0 Å². The van der Waals surface area contributed by atoms with Crippen LogP contribution in [0, 0.1) is 0 Å². The first-order chi connectivity index (χ1) is 7.86. The van der Waals surface area contributed by atoms with Gasteiger partial charge in [-0.25, -0.2) is 0 Å². The van der Waals surface area contributed by atoms with E-state index in [2.05, 4.69) is 17.3 Å². The van der Waals surface area contributed by atoms with Gasteiger partial charge in [-0.2, -0.15) is 5.10 Å². The molecular weight excluding hydrogens is 202 g/mol. The molecule has 0 spiro atoms. The molecule has 90 valence electrons. The standard InChI is InChI=1S/C12H21N3O/c1-2-13-11-5-3-4-6-12-10(11)9-14-15(12)7-8-16/h9,11,13,16H,2-8H2,1H3. The van der Waals surface area contributed by atoms with Crippen LogP contribution in [0.5, 0.6) is 0 Å². The Balaban J connectivity index is 2.24. The Labute approximate surface area is 96.7 Å². The second-order valence-electron chi connectivity index (χ2n) is 4.35. The number of aromatic nitrogens is 2. The second kappa shape index (κ2) is 5.46. The Morgan fingerprint density at radius 1 is 1.56 bits per heavy atom. The molecule has 1 aliphatic rings. The molecule has 1 atom stereocenters. The molecule has 0 bridgehead atoms. The molecule has 0 saturated heterocycles. The van der Waals surface area contributed by atoms with Gasteiger partial charge in [-0.3, -0.25) is 4.68 Å². The van der Waals surface area contributed by atoms with Crippen molar-refractivity contribution in [2.75, 3.05) is 13.2 Å². The predicted octanol–water partition coefficient (Wildman–Crippen LogP) is 1.25. The summed E-state index contributed by atoms with van der Waals surface area (Å²) in [6.45, 7) is 3.92. The SMILES string of the molecule is CCNC1CCCCc2c1cnn2CCO. The first-order valence-corrected chi connectivity index (χ1v) is 6.25. The van der Waals surface area contributed by atoms with Gasteiger partial charge >= 0.3 is 0 Å². The summed E-state index contributed by atoms with van der Waals surface area (Å²) in [5.41, 5.74) is 2.66. The average Bonchev–Trinajstić information content (AvgIpc) is 2.56. The third-order valence-electron chi connectivity index (χ3n) is 3.28. The number of aliphatic hydroxyl groups excluding tert-OH is 1. The fourth-order valence-corrected chi connectivity index (χ4v) is 2.53. The lowest BCUT2D eigenvalue weighted by Gasteiger charge is -2.15. The smallest absolute Gasteiger partial charge is 0.0644 e. The van der Waals surface area contributed by atoms with Gasteiger partial charge in [0.05, 0.1) is 19.3 Å². The zero-order chi connectivity index (χ0) is 11.4. The highest BCUT2D eigenvalue weighted by atomic mass is 16.3. The fraction of sp³-hybridized carbons (Fsp3) is 0.750. The topological polar surface area (TPSA) is 50.1 Å². The van der Waals surface area contributed by atoms with E-state index in [1.807, 2.05) is 10.9 Å². The largest absolute Gasteiger partial charge is 0.394 e. The normalized spacial score (nSPS) is 20.5. The van der Waals surface area contributed by atoms with Crippen LogP contribution in [-0.2, 0) is 13.0 Å². The summed E-state index contributed by atoms with van der Waals surface area (Å²) in [4.78, 5) is 0. The van der Waals surface area contributed by atoms with E-state index in [1.165, 1.54) is 30.5 Å². The maximum absolute atomic E-state index is 9.00. The van der Waals surface area contributed by atoms with Gasteiger partial charge in [0.1, 0.15) is 0 Å². The molecule has 1 aromatic rings. The molecule has 0 saturated carbocycles. The molecular formula is C12H21N3O. The van der Waals surface area contributed by atoms with Crippen LogP contribution in [0.3, 0.4) is 0 Å². The van der Waals surface area contributed by atoms with Crippen molar-refractivity contribution in [3.8, 4) is 0 Å². The number of nitrogens with zero attached hydrogens (tertiary/aromatic N) is 2. The number of hydrogen-bond acceptors (Lipinski definition) is 3. The lowest BCUT2D eigenvalue weighted by molar-refractivity contribution is 0.267. The number of rotatable bonds is 4. The molecule has 2 rings (SSSR count). The molecule has 0 radical (unpaired) electrons. The van der Waals surface area contributed by atoms with Crippen molar-refractivity contribution < 1.29 is 5.11 Å². The Hall–Kier alpha value is -0.870. The second-order valence-corrected chi connectivity index (χ2v) is 4.35. The highest BCUT2D eigenvalue weighted by molar-refractivity contribution is 5.23. The van der Waals surface area contributed by atoms with Crippen LogP contribution in [0.15, 0.2) is 6.20 Å². The van der Waals surface area contributed by atoms with E-state index in [4.69, 9.17) is 5.11 Å². The summed E-state index contributed by atoms with van der Waals surface area (Å²) in [5.74, 6) is 0. The van der Waals surface area contributed by atoms with Crippen LogP contribution in [0.2, 0.25) is 0 Å². The summed E-state index contributed by atoms with van der Waals surface area (Å²) in [6, 6.07) is 0.454. The van der Waals surface area contributed by atoms with E-state index in [0.29, 0.717) is 12.6 Å². The van der Waals surface area contributed by atoms with Crippen molar-refractivity contribution in [3.05, 3.63) is 17.5 Å². The molecule has 1 aliphatic carbocycles. The van der Waals surface area contributed by atoms with Gasteiger partial charge in [-0.05, 0) is 25.8 Å². The molecule has 4 nitrogen and oxygen atoms in total. The zero-order valence-electron chi connectivity index (χ0n) is 9.95. The summed E-state index contributed by atoms with van der Waals surface area (Å²) in [5, 5.41) is 16.9. The maximum atomic E-state index is 9.00. The van der Waals surface area contributed by atoms with E-state index in [-0.39, 0.29) is 6.61 Å². The number of fused-ring (bicyclic) bond motifs is 1. The molecule has 16 heavy (non-hydrogen) atoms. The Morgan fingerprint density at radius 3 is 3.19 bits per heavy atom. The highest BCUT2D eigenvalue weighted by Crippen LogP contribution is 2.28. The molecule has 1 aromatic heterocycles. The third-order valence-corrected chi connectivity index (χ3v) is 3.28. The Bertz CT molecular complexity index is 335. The first-order valence-electron chi connectivity index (χ1n) is 6.25. The van der Waals surface area contributed by atoms with Crippen LogP contribution in [0.4, 0.5) is 0 Å². The lowest BCUT2D eigenvalue weighted by Crippen LogP contribution is -2.20. The summed E-state index contributed by atoms with van der Waals surface area (Å²) in [7, 11) is 0. The fourth-order valence-electron chi connectivity index (χ4n) is 2.53. The summed E-state index contributed by atoms with van der Waals surface area (Å²) in [6.07, 6.45) is 6.77. The molecule has 0 fully saturated rings. The summed E-state index contributed by atoms with van der Waals surface area (Å²) >= 11 is 0. The van der Waals surface area contributed by atoms with Gasteiger partial charge in [0.2, 0.25) is 0 Å². The van der Waals surface area contributed by atoms with Gasteiger partial charge in [0.15, 0.2) is 0 Å².